The first-order valence-corrected chi connectivity index (χ1v) is 12.5. The number of carbonyl (C=O) groups is 1. The van der Waals surface area contributed by atoms with Gasteiger partial charge in [-0.15, -0.1) is 0 Å². The number of nitrogens with zero attached hydrogens (tertiary/aromatic N) is 1. The number of rotatable bonds is 2. The average Bonchev–Trinajstić information content (AvgIpc) is 3.19. The molecule has 6 heteroatoms. The van der Waals surface area contributed by atoms with Gasteiger partial charge in [-0.2, -0.15) is 0 Å². The lowest BCUT2D eigenvalue weighted by molar-refractivity contribution is -0.302. The van der Waals surface area contributed by atoms with Gasteiger partial charge in [0.05, 0.1) is 28.8 Å². The van der Waals surface area contributed by atoms with Gasteiger partial charge in [0.1, 0.15) is 6.10 Å². The Hall–Kier alpha value is -1.73. The van der Waals surface area contributed by atoms with Crippen LogP contribution in [0.5, 0.6) is 0 Å². The molecular weight excluding hydrogens is 418 g/mol. The predicted molar refractivity (Wildman–Crippen MR) is 118 cm³/mol. The van der Waals surface area contributed by atoms with Crippen molar-refractivity contribution in [2.24, 2.45) is 34.0 Å². The molecule has 9 bridgehead atoms. The van der Waals surface area contributed by atoms with Crippen molar-refractivity contribution in [2.75, 3.05) is 6.54 Å². The maximum atomic E-state index is 13.3. The Labute approximate surface area is 193 Å². The minimum absolute atomic E-state index is 0.0237. The van der Waals surface area contributed by atoms with E-state index in [1.807, 2.05) is 6.07 Å². The molecule has 3 aliphatic heterocycles. The van der Waals surface area contributed by atoms with Crippen LogP contribution in [0.1, 0.15) is 43.0 Å². The molecule has 1 aromatic carbocycles. The van der Waals surface area contributed by atoms with Gasteiger partial charge in [-0.05, 0) is 66.6 Å². The molecule has 1 aromatic rings. The summed E-state index contributed by atoms with van der Waals surface area (Å²) in [5.41, 5.74) is -1.40. The lowest BCUT2D eigenvalue weighted by Gasteiger charge is -2.69. The fraction of sp³-hybridized carbons (Fsp3) is 0.667. The van der Waals surface area contributed by atoms with Gasteiger partial charge in [-0.25, -0.2) is 4.79 Å². The van der Waals surface area contributed by atoms with E-state index in [-0.39, 0.29) is 35.3 Å². The minimum Gasteiger partial charge on any atom is -0.455 e. The van der Waals surface area contributed by atoms with Crippen LogP contribution in [0.2, 0.25) is 0 Å². The fourth-order valence-corrected chi connectivity index (χ4v) is 11.3. The molecule has 2 spiro atoms. The van der Waals surface area contributed by atoms with Crippen LogP contribution < -0.4 is 0 Å². The van der Waals surface area contributed by atoms with Gasteiger partial charge in [-0.3, -0.25) is 4.90 Å². The standard InChI is InChI=1S/C27H31NO5/c1-13-15-8-16-20-27-19-17(10-25(16,21(13)30)26(27,32)9-15)28(20)12-24(19,2)11-18(29)22(27)33-23(31)14-6-4-3-5-7-14/h3-7,15-22,29-30,32H,1,8-12H2,2H3/t15-,16+,17-,18-,19+,20+,21+,22+,24-,25-,26-,27+/m0/s1. The van der Waals surface area contributed by atoms with Crippen molar-refractivity contribution in [3.05, 3.63) is 48.0 Å². The topological polar surface area (TPSA) is 90.2 Å². The van der Waals surface area contributed by atoms with E-state index in [0.29, 0.717) is 18.4 Å². The highest BCUT2D eigenvalue weighted by Crippen LogP contribution is 2.88. The van der Waals surface area contributed by atoms with Crippen LogP contribution >= 0.6 is 0 Å². The van der Waals surface area contributed by atoms with Crippen LogP contribution in [-0.4, -0.2) is 68.7 Å². The van der Waals surface area contributed by atoms with E-state index in [1.165, 1.54) is 0 Å². The third kappa shape index (κ3) is 1.67. The van der Waals surface area contributed by atoms with Crippen molar-refractivity contribution in [3.63, 3.8) is 0 Å². The fourth-order valence-electron chi connectivity index (χ4n) is 11.3. The van der Waals surface area contributed by atoms with Gasteiger partial charge >= 0.3 is 5.97 Å². The van der Waals surface area contributed by atoms with Gasteiger partial charge in [0, 0.05) is 24.0 Å². The second-order valence-corrected chi connectivity index (χ2v) is 12.5. The van der Waals surface area contributed by atoms with Crippen molar-refractivity contribution >= 4 is 5.97 Å². The SMILES string of the molecule is C=C1[C@H]2C[C@@H]3[C@H]4N5C[C@]6(C)C[C@H](O)[C@@H](OC(=O)c7ccccc7)[C@@]47[C@@H]6[C@@H]5C[C@]3([C@@H]1O)[C@@]7(O)C2. The van der Waals surface area contributed by atoms with Crippen LogP contribution in [0.15, 0.2) is 42.5 Å². The van der Waals surface area contributed by atoms with Crippen LogP contribution in [0.4, 0.5) is 0 Å². The van der Waals surface area contributed by atoms with E-state index in [1.54, 1.807) is 24.3 Å². The molecule has 33 heavy (non-hydrogen) atoms. The number of aliphatic hydroxyl groups is 3. The molecule has 0 amide bonds. The highest BCUT2D eigenvalue weighted by molar-refractivity contribution is 5.89. The molecule has 10 rings (SSSR count). The molecular formula is C27H31NO5. The summed E-state index contributed by atoms with van der Waals surface area (Å²) in [7, 11) is 0. The number of benzene rings is 1. The summed E-state index contributed by atoms with van der Waals surface area (Å²) < 4.78 is 6.25. The van der Waals surface area contributed by atoms with Crippen molar-refractivity contribution in [3.8, 4) is 0 Å². The van der Waals surface area contributed by atoms with Crippen LogP contribution in [0.25, 0.3) is 0 Å². The van der Waals surface area contributed by atoms with Crippen LogP contribution in [-0.2, 0) is 4.74 Å². The molecule has 9 aliphatic rings. The van der Waals surface area contributed by atoms with E-state index in [4.69, 9.17) is 4.74 Å². The molecule has 0 radical (unpaired) electrons. The number of hydrogen-bond acceptors (Lipinski definition) is 6. The lowest BCUT2D eigenvalue weighted by atomic mass is 9.37. The molecule has 9 fully saturated rings. The summed E-state index contributed by atoms with van der Waals surface area (Å²) in [6.45, 7) is 7.41. The summed E-state index contributed by atoms with van der Waals surface area (Å²) in [4.78, 5) is 15.9. The monoisotopic (exact) mass is 449 g/mol. The Morgan fingerprint density at radius 3 is 2.70 bits per heavy atom. The Bertz CT molecular complexity index is 1120. The summed E-state index contributed by atoms with van der Waals surface area (Å²) in [5, 5.41) is 36.0. The van der Waals surface area contributed by atoms with E-state index in [9.17, 15) is 20.1 Å². The molecule has 3 saturated heterocycles. The molecule has 13 atom stereocenters. The summed E-state index contributed by atoms with van der Waals surface area (Å²) in [6, 6.07) is 9.20. The molecule has 3 N–H and O–H groups in total. The minimum atomic E-state index is -1.18. The maximum absolute atomic E-state index is 13.3. The first-order valence-electron chi connectivity index (χ1n) is 12.5. The lowest BCUT2D eigenvalue weighted by Crippen LogP contribution is -2.77. The van der Waals surface area contributed by atoms with E-state index in [2.05, 4.69) is 18.4 Å². The van der Waals surface area contributed by atoms with Crippen LogP contribution in [0, 0.1) is 34.0 Å². The number of ether oxygens (including phenoxy) is 1. The Morgan fingerprint density at radius 1 is 1.18 bits per heavy atom. The first-order chi connectivity index (χ1) is 15.7. The quantitative estimate of drug-likeness (QED) is 0.471. The first kappa shape index (κ1) is 19.6. The second-order valence-electron chi connectivity index (χ2n) is 12.5. The number of fused-ring (bicyclic) bond motifs is 1. The largest absolute Gasteiger partial charge is 0.455 e. The van der Waals surface area contributed by atoms with E-state index < -0.39 is 40.7 Å². The zero-order chi connectivity index (χ0) is 22.7. The van der Waals surface area contributed by atoms with Crippen molar-refractivity contribution < 1.29 is 24.9 Å². The predicted octanol–water partition coefficient (Wildman–Crippen LogP) is 1.74. The molecule has 1 unspecified atom stereocenters. The van der Waals surface area contributed by atoms with Gasteiger partial charge < -0.3 is 20.1 Å². The van der Waals surface area contributed by atoms with Gasteiger partial charge in [-0.1, -0.05) is 31.7 Å². The highest BCUT2D eigenvalue weighted by atomic mass is 16.6. The molecule has 3 heterocycles. The number of esters is 1. The normalized spacial score (nSPS) is 60.5. The zero-order valence-corrected chi connectivity index (χ0v) is 18.9. The Kier molecular flexibility index (Phi) is 3.20. The summed E-state index contributed by atoms with van der Waals surface area (Å²) >= 11 is 0. The number of carbonyl (C=O) groups excluding carboxylic acids is 1. The molecule has 174 valence electrons. The third-order valence-corrected chi connectivity index (χ3v) is 11.7. The Balaban J connectivity index is 1.34. The van der Waals surface area contributed by atoms with E-state index in [0.717, 1.165) is 25.0 Å². The second kappa shape index (κ2) is 5.40. The van der Waals surface area contributed by atoms with Gasteiger partial charge in [0.25, 0.3) is 0 Å². The van der Waals surface area contributed by atoms with Gasteiger partial charge in [0.2, 0.25) is 0 Å². The summed E-state index contributed by atoms with van der Waals surface area (Å²) in [6.07, 6.45) is 0.462. The summed E-state index contributed by atoms with van der Waals surface area (Å²) in [5.74, 6) is -0.0894. The van der Waals surface area contributed by atoms with Crippen molar-refractivity contribution in [2.45, 2.75) is 68.6 Å². The van der Waals surface area contributed by atoms with Crippen LogP contribution in [0.3, 0.4) is 0 Å². The number of piperidine rings is 2. The number of hydrogen-bond donors (Lipinski definition) is 3. The smallest absolute Gasteiger partial charge is 0.338 e. The number of aliphatic hydroxyl groups excluding tert-OH is 2. The molecule has 6 saturated carbocycles. The highest BCUT2D eigenvalue weighted by Gasteiger charge is 2.96. The van der Waals surface area contributed by atoms with Crippen molar-refractivity contribution in [1.82, 2.24) is 4.90 Å². The van der Waals surface area contributed by atoms with Gasteiger partial charge in [0.15, 0.2) is 0 Å². The maximum Gasteiger partial charge on any atom is 0.338 e. The van der Waals surface area contributed by atoms with Crippen molar-refractivity contribution in [1.29, 1.82) is 0 Å². The Morgan fingerprint density at radius 2 is 1.94 bits per heavy atom. The van der Waals surface area contributed by atoms with E-state index >= 15 is 0 Å². The molecule has 6 aliphatic carbocycles. The average molecular weight is 450 g/mol. The zero-order valence-electron chi connectivity index (χ0n) is 18.9. The molecule has 6 nitrogen and oxygen atoms in total. The molecule has 0 aromatic heterocycles. The third-order valence-electron chi connectivity index (χ3n) is 11.7.